The van der Waals surface area contributed by atoms with Gasteiger partial charge in [-0.15, -0.1) is 0 Å². The molecule has 8 heteroatoms. The van der Waals surface area contributed by atoms with Gasteiger partial charge in [-0.05, 0) is 57.9 Å². The van der Waals surface area contributed by atoms with Crippen LogP contribution < -0.4 is 10.6 Å². The summed E-state index contributed by atoms with van der Waals surface area (Å²) in [6, 6.07) is 7.63. The van der Waals surface area contributed by atoms with Gasteiger partial charge in [-0.3, -0.25) is 24.8 Å². The van der Waals surface area contributed by atoms with E-state index in [0.717, 1.165) is 38.2 Å². The molecule has 2 heterocycles. The molecule has 2 saturated heterocycles. The van der Waals surface area contributed by atoms with Crippen molar-refractivity contribution < 1.29 is 14.3 Å². The minimum atomic E-state index is -0.352. The second-order valence-electron chi connectivity index (χ2n) is 8.72. The Balaban J connectivity index is 1.62. The van der Waals surface area contributed by atoms with E-state index in [1.54, 1.807) is 12.1 Å². The van der Waals surface area contributed by atoms with Crippen molar-refractivity contribution in [1.82, 2.24) is 9.80 Å². The fourth-order valence-electron chi connectivity index (χ4n) is 4.58. The maximum absolute atomic E-state index is 13.1. The van der Waals surface area contributed by atoms with Crippen molar-refractivity contribution in [3.05, 3.63) is 29.8 Å². The van der Waals surface area contributed by atoms with Crippen LogP contribution in [0.15, 0.2) is 24.3 Å². The molecule has 164 valence electrons. The van der Waals surface area contributed by atoms with E-state index in [9.17, 15) is 9.59 Å². The van der Waals surface area contributed by atoms with Crippen LogP contribution in [-0.4, -0.2) is 78.4 Å². The van der Waals surface area contributed by atoms with Crippen LogP contribution in [0.1, 0.15) is 39.2 Å². The third-order valence-corrected chi connectivity index (χ3v) is 5.95. The smallest absolute Gasteiger partial charge is 0.320 e. The Hall–Kier alpha value is -2.45. The van der Waals surface area contributed by atoms with Crippen molar-refractivity contribution in [2.24, 2.45) is 5.73 Å². The van der Waals surface area contributed by atoms with Crippen molar-refractivity contribution in [3.8, 4) is 0 Å². The number of rotatable bonds is 6. The van der Waals surface area contributed by atoms with Crippen LogP contribution in [0.4, 0.5) is 5.69 Å². The SMILES string of the molecule is CCOC(=O)CN1CCC(N2CC(=O)N(c3ccc(C(=N)N)cc3)C(C)(C)C2)CC1. The molecule has 2 aliphatic rings. The van der Waals surface area contributed by atoms with Crippen LogP contribution in [0.5, 0.6) is 0 Å². The first-order valence-electron chi connectivity index (χ1n) is 10.6. The van der Waals surface area contributed by atoms with Gasteiger partial charge in [-0.25, -0.2) is 0 Å². The van der Waals surface area contributed by atoms with E-state index in [1.165, 1.54) is 0 Å². The Morgan fingerprint density at radius 3 is 2.40 bits per heavy atom. The number of carbonyl (C=O) groups excluding carboxylic acids is 2. The van der Waals surface area contributed by atoms with E-state index in [1.807, 2.05) is 24.0 Å². The largest absolute Gasteiger partial charge is 0.465 e. The van der Waals surface area contributed by atoms with Crippen LogP contribution in [0.3, 0.4) is 0 Å². The zero-order chi connectivity index (χ0) is 21.9. The van der Waals surface area contributed by atoms with Crippen molar-refractivity contribution in [1.29, 1.82) is 5.41 Å². The van der Waals surface area contributed by atoms with Crippen LogP contribution in [0.25, 0.3) is 0 Å². The Morgan fingerprint density at radius 1 is 1.23 bits per heavy atom. The first kappa shape index (κ1) is 22.2. The second-order valence-corrected chi connectivity index (χ2v) is 8.72. The van der Waals surface area contributed by atoms with Gasteiger partial charge < -0.3 is 15.4 Å². The van der Waals surface area contributed by atoms with Crippen molar-refractivity contribution >= 4 is 23.4 Å². The van der Waals surface area contributed by atoms with Crippen molar-refractivity contribution in [2.75, 3.05) is 44.2 Å². The van der Waals surface area contributed by atoms with Crippen LogP contribution >= 0.6 is 0 Å². The molecule has 0 saturated carbocycles. The maximum atomic E-state index is 13.1. The fraction of sp³-hybridized carbons (Fsp3) is 0.591. The average Bonchev–Trinajstić information content (AvgIpc) is 2.68. The van der Waals surface area contributed by atoms with Gasteiger partial charge in [0, 0.05) is 36.9 Å². The molecule has 30 heavy (non-hydrogen) atoms. The predicted octanol–water partition coefficient (Wildman–Crippen LogP) is 1.43. The molecule has 1 aromatic rings. The summed E-state index contributed by atoms with van der Waals surface area (Å²) in [6.45, 7) is 9.60. The number of nitrogens with two attached hydrogens (primary N) is 1. The van der Waals surface area contributed by atoms with E-state index in [0.29, 0.717) is 31.3 Å². The summed E-state index contributed by atoms with van der Waals surface area (Å²) in [5.41, 5.74) is 6.67. The molecule has 1 aromatic carbocycles. The number of nitrogens with one attached hydrogen (secondary N) is 1. The highest BCUT2D eigenvalue weighted by molar-refractivity contribution is 5.99. The summed E-state index contributed by atoms with van der Waals surface area (Å²) in [5.74, 6) is -0.0706. The highest BCUT2D eigenvalue weighted by Gasteiger charge is 2.42. The normalized spacial score (nSPS) is 20.9. The van der Waals surface area contributed by atoms with Crippen LogP contribution in [0, 0.1) is 5.41 Å². The third kappa shape index (κ3) is 4.99. The van der Waals surface area contributed by atoms with E-state index in [2.05, 4.69) is 23.6 Å². The summed E-state index contributed by atoms with van der Waals surface area (Å²) in [6.07, 6.45) is 1.88. The number of piperazine rings is 1. The number of amides is 1. The van der Waals surface area contributed by atoms with Gasteiger partial charge in [-0.2, -0.15) is 0 Å². The number of amidine groups is 1. The minimum absolute atomic E-state index is 0.0197. The molecule has 0 bridgehead atoms. The van der Waals surface area contributed by atoms with E-state index >= 15 is 0 Å². The third-order valence-electron chi connectivity index (χ3n) is 5.95. The molecular formula is C22H33N5O3. The number of hydrogen-bond acceptors (Lipinski definition) is 6. The van der Waals surface area contributed by atoms with Crippen LogP contribution in [-0.2, 0) is 14.3 Å². The number of piperidine rings is 1. The monoisotopic (exact) mass is 415 g/mol. The number of carbonyl (C=O) groups is 2. The molecule has 8 nitrogen and oxygen atoms in total. The quantitative estimate of drug-likeness (QED) is 0.414. The van der Waals surface area contributed by atoms with E-state index in [4.69, 9.17) is 15.9 Å². The molecule has 3 rings (SSSR count). The Bertz CT molecular complexity index is 784. The summed E-state index contributed by atoms with van der Waals surface area (Å²) in [5, 5.41) is 7.54. The zero-order valence-electron chi connectivity index (χ0n) is 18.2. The molecule has 0 atom stereocenters. The average molecular weight is 416 g/mol. The standard InChI is InChI=1S/C22H33N5O3/c1-4-30-20(29)14-25-11-9-17(10-12-25)26-13-19(28)27(22(2,3)15-26)18-7-5-16(6-8-18)21(23)24/h5-8,17H,4,9-15H2,1-3H3,(H3,23,24). The second kappa shape index (κ2) is 9.14. The summed E-state index contributed by atoms with van der Waals surface area (Å²) < 4.78 is 5.04. The highest BCUT2D eigenvalue weighted by Crippen LogP contribution is 2.31. The fourth-order valence-corrected chi connectivity index (χ4v) is 4.58. The van der Waals surface area contributed by atoms with Crippen LogP contribution in [0.2, 0.25) is 0 Å². The number of nitrogens with zero attached hydrogens (tertiary/aromatic N) is 3. The number of hydrogen-bond donors (Lipinski definition) is 2. The number of esters is 1. The lowest BCUT2D eigenvalue weighted by Crippen LogP contribution is -2.65. The lowest BCUT2D eigenvalue weighted by Gasteiger charge is -2.50. The topological polar surface area (TPSA) is 103 Å². The number of likely N-dealkylation sites (tertiary alicyclic amines) is 1. The van der Waals surface area contributed by atoms with Gasteiger partial charge in [-0.1, -0.05) is 0 Å². The number of ether oxygens (including phenoxy) is 1. The number of nitrogen functional groups attached to an aromatic ring is 1. The van der Waals surface area contributed by atoms with Crippen molar-refractivity contribution in [3.63, 3.8) is 0 Å². The Kier molecular flexibility index (Phi) is 6.77. The van der Waals surface area contributed by atoms with Gasteiger partial charge in [0.2, 0.25) is 5.91 Å². The first-order chi connectivity index (χ1) is 14.2. The molecule has 2 fully saturated rings. The van der Waals surface area contributed by atoms with E-state index in [-0.39, 0.29) is 23.3 Å². The van der Waals surface area contributed by atoms with E-state index < -0.39 is 0 Å². The van der Waals surface area contributed by atoms with Gasteiger partial charge >= 0.3 is 5.97 Å². The summed E-state index contributed by atoms with van der Waals surface area (Å²) >= 11 is 0. The lowest BCUT2D eigenvalue weighted by molar-refractivity contribution is -0.144. The summed E-state index contributed by atoms with van der Waals surface area (Å²) in [7, 11) is 0. The Morgan fingerprint density at radius 2 is 1.87 bits per heavy atom. The van der Waals surface area contributed by atoms with Gasteiger partial charge in [0.15, 0.2) is 0 Å². The molecule has 1 amide bonds. The zero-order valence-corrected chi connectivity index (χ0v) is 18.2. The van der Waals surface area contributed by atoms with Gasteiger partial charge in [0.05, 0.1) is 25.2 Å². The molecule has 0 unspecified atom stereocenters. The van der Waals surface area contributed by atoms with Gasteiger partial charge in [0.25, 0.3) is 0 Å². The minimum Gasteiger partial charge on any atom is -0.465 e. The predicted molar refractivity (Wildman–Crippen MR) is 117 cm³/mol. The molecule has 0 radical (unpaired) electrons. The first-order valence-corrected chi connectivity index (χ1v) is 10.6. The van der Waals surface area contributed by atoms with Crippen molar-refractivity contribution in [2.45, 2.75) is 45.2 Å². The Labute approximate surface area is 178 Å². The summed E-state index contributed by atoms with van der Waals surface area (Å²) in [4.78, 5) is 31.1. The molecule has 0 spiro atoms. The van der Waals surface area contributed by atoms with Gasteiger partial charge in [0.1, 0.15) is 5.84 Å². The number of anilines is 1. The number of benzene rings is 1. The maximum Gasteiger partial charge on any atom is 0.320 e. The molecule has 3 N–H and O–H groups in total. The highest BCUT2D eigenvalue weighted by atomic mass is 16.5. The molecular weight excluding hydrogens is 382 g/mol. The lowest BCUT2D eigenvalue weighted by atomic mass is 9.93. The molecule has 2 aliphatic heterocycles. The molecule has 0 aromatic heterocycles. The molecule has 0 aliphatic carbocycles.